The molecule has 1 aromatic rings. The summed E-state index contributed by atoms with van der Waals surface area (Å²) in [4.78, 5) is 7.69. The highest BCUT2D eigenvalue weighted by Crippen LogP contribution is 2.10. The van der Waals surface area contributed by atoms with Crippen molar-refractivity contribution in [2.45, 2.75) is 18.9 Å². The van der Waals surface area contributed by atoms with E-state index in [1.807, 2.05) is 0 Å². The van der Waals surface area contributed by atoms with Crippen molar-refractivity contribution in [3.8, 4) is 5.75 Å². The molecule has 2 rings (SSSR count). The molecule has 0 radical (unpaired) electrons. The van der Waals surface area contributed by atoms with Crippen molar-refractivity contribution in [1.29, 1.82) is 0 Å². The van der Waals surface area contributed by atoms with E-state index in [0.717, 1.165) is 6.54 Å². The third-order valence-electron chi connectivity index (χ3n) is 2.26. The molecule has 1 saturated heterocycles. The Labute approximate surface area is 82.7 Å². The van der Waals surface area contributed by atoms with Crippen molar-refractivity contribution in [1.82, 2.24) is 15.3 Å². The molecule has 76 valence electrons. The fourth-order valence-electron chi connectivity index (χ4n) is 1.50. The van der Waals surface area contributed by atoms with Gasteiger partial charge in [-0.1, -0.05) is 0 Å². The topological polar surface area (TPSA) is 73.1 Å². The lowest BCUT2D eigenvalue weighted by atomic mass is 10.2. The molecule has 1 aliphatic heterocycles. The quantitative estimate of drug-likeness (QED) is 0.718. The monoisotopic (exact) mass is 194 g/mol. The van der Waals surface area contributed by atoms with Crippen LogP contribution in [0.2, 0.25) is 0 Å². The molecule has 5 heteroatoms. The van der Waals surface area contributed by atoms with Crippen molar-refractivity contribution < 1.29 is 4.74 Å². The van der Waals surface area contributed by atoms with Crippen molar-refractivity contribution in [2.24, 2.45) is 0 Å². The summed E-state index contributed by atoms with van der Waals surface area (Å²) in [6.07, 6.45) is 5.59. The van der Waals surface area contributed by atoms with Crippen LogP contribution in [-0.2, 0) is 0 Å². The van der Waals surface area contributed by atoms with E-state index >= 15 is 0 Å². The minimum atomic E-state index is 0.274. The van der Waals surface area contributed by atoms with Crippen LogP contribution >= 0.6 is 0 Å². The van der Waals surface area contributed by atoms with Crippen LogP contribution in [0.4, 0.5) is 5.95 Å². The van der Waals surface area contributed by atoms with E-state index in [1.165, 1.54) is 12.8 Å². The summed E-state index contributed by atoms with van der Waals surface area (Å²) in [5.74, 6) is 0.948. The smallest absolute Gasteiger partial charge is 0.220 e. The number of aromatic nitrogens is 2. The standard InChI is InChI=1S/C9H14N4O/c10-9-12-4-8(5-13-9)14-6-7-2-1-3-11-7/h4-5,7,11H,1-3,6H2,(H2,10,12,13). The number of hydrogen-bond donors (Lipinski definition) is 2. The van der Waals surface area contributed by atoms with E-state index in [-0.39, 0.29) is 5.95 Å². The predicted octanol–water partition coefficient (Wildman–Crippen LogP) is 0.190. The number of nitrogens with zero attached hydrogens (tertiary/aromatic N) is 2. The van der Waals surface area contributed by atoms with E-state index in [2.05, 4.69) is 15.3 Å². The first kappa shape index (κ1) is 9.21. The summed E-state index contributed by atoms with van der Waals surface area (Å²) < 4.78 is 5.50. The average Bonchev–Trinajstić information content (AvgIpc) is 2.70. The maximum absolute atomic E-state index is 5.50. The highest BCUT2D eigenvalue weighted by molar-refractivity contribution is 5.21. The maximum atomic E-state index is 5.50. The molecule has 1 aliphatic rings. The number of hydrogen-bond acceptors (Lipinski definition) is 5. The lowest BCUT2D eigenvalue weighted by Gasteiger charge is -2.11. The number of rotatable bonds is 3. The van der Waals surface area contributed by atoms with Crippen molar-refractivity contribution >= 4 is 5.95 Å². The molecule has 3 N–H and O–H groups in total. The molecule has 2 heterocycles. The molecule has 0 saturated carbocycles. The minimum absolute atomic E-state index is 0.274. The molecule has 1 aromatic heterocycles. The fourth-order valence-corrected chi connectivity index (χ4v) is 1.50. The zero-order chi connectivity index (χ0) is 9.80. The zero-order valence-corrected chi connectivity index (χ0v) is 7.94. The molecule has 0 aliphatic carbocycles. The van der Waals surface area contributed by atoms with E-state index in [4.69, 9.17) is 10.5 Å². The first-order valence-corrected chi connectivity index (χ1v) is 4.78. The van der Waals surface area contributed by atoms with E-state index < -0.39 is 0 Å². The molecule has 1 atom stereocenters. The van der Waals surface area contributed by atoms with Crippen molar-refractivity contribution in [3.05, 3.63) is 12.4 Å². The van der Waals surface area contributed by atoms with Gasteiger partial charge >= 0.3 is 0 Å². The number of nitrogen functional groups attached to an aromatic ring is 1. The molecule has 0 amide bonds. The van der Waals surface area contributed by atoms with Crippen LogP contribution in [0.3, 0.4) is 0 Å². The van der Waals surface area contributed by atoms with Gasteiger partial charge in [0.05, 0.1) is 12.4 Å². The maximum Gasteiger partial charge on any atom is 0.220 e. The molecule has 0 bridgehead atoms. The van der Waals surface area contributed by atoms with Crippen molar-refractivity contribution in [2.75, 3.05) is 18.9 Å². The summed E-state index contributed by atoms with van der Waals surface area (Å²) in [5, 5.41) is 3.35. The van der Waals surface area contributed by atoms with E-state index in [9.17, 15) is 0 Å². The molecule has 5 nitrogen and oxygen atoms in total. The van der Waals surface area contributed by atoms with Gasteiger partial charge in [0.15, 0.2) is 5.75 Å². The third kappa shape index (κ3) is 2.32. The summed E-state index contributed by atoms with van der Waals surface area (Å²) >= 11 is 0. The molecular weight excluding hydrogens is 180 g/mol. The van der Waals surface area contributed by atoms with Crippen LogP contribution in [0.5, 0.6) is 5.75 Å². The van der Waals surface area contributed by atoms with Gasteiger partial charge in [0.2, 0.25) is 5.95 Å². The van der Waals surface area contributed by atoms with E-state index in [1.54, 1.807) is 12.4 Å². The van der Waals surface area contributed by atoms with E-state index in [0.29, 0.717) is 18.4 Å². The Morgan fingerprint density at radius 2 is 2.29 bits per heavy atom. The summed E-state index contributed by atoms with van der Waals surface area (Å²) in [7, 11) is 0. The Kier molecular flexibility index (Phi) is 2.78. The first-order chi connectivity index (χ1) is 6.84. The van der Waals surface area contributed by atoms with Crippen LogP contribution in [0.25, 0.3) is 0 Å². The van der Waals surface area contributed by atoms with Crippen LogP contribution in [0.15, 0.2) is 12.4 Å². The zero-order valence-electron chi connectivity index (χ0n) is 7.94. The molecular formula is C9H14N4O. The Hall–Kier alpha value is -1.36. The van der Waals surface area contributed by atoms with Crippen LogP contribution in [-0.4, -0.2) is 29.2 Å². The Balaban J connectivity index is 1.82. The molecule has 14 heavy (non-hydrogen) atoms. The first-order valence-electron chi connectivity index (χ1n) is 4.78. The average molecular weight is 194 g/mol. The SMILES string of the molecule is Nc1ncc(OCC2CCCN2)cn1. The number of nitrogens with two attached hydrogens (primary N) is 1. The number of ether oxygens (including phenoxy) is 1. The van der Waals surface area contributed by atoms with Gasteiger partial charge in [0, 0.05) is 6.04 Å². The van der Waals surface area contributed by atoms with Crippen LogP contribution < -0.4 is 15.8 Å². The minimum Gasteiger partial charge on any atom is -0.489 e. The van der Waals surface area contributed by atoms with Crippen LogP contribution in [0, 0.1) is 0 Å². The summed E-state index contributed by atoms with van der Waals surface area (Å²) in [6, 6.07) is 0.465. The molecule has 1 fully saturated rings. The second-order valence-corrected chi connectivity index (χ2v) is 3.38. The highest BCUT2D eigenvalue weighted by atomic mass is 16.5. The Morgan fingerprint density at radius 1 is 1.50 bits per heavy atom. The van der Waals surface area contributed by atoms with Gasteiger partial charge < -0.3 is 15.8 Å². The lowest BCUT2D eigenvalue weighted by Crippen LogP contribution is -2.28. The second-order valence-electron chi connectivity index (χ2n) is 3.38. The normalized spacial score (nSPS) is 21.0. The molecule has 0 spiro atoms. The molecule has 1 unspecified atom stereocenters. The summed E-state index contributed by atoms with van der Waals surface area (Å²) in [6.45, 7) is 1.76. The van der Waals surface area contributed by atoms with Gasteiger partial charge in [-0.25, -0.2) is 9.97 Å². The number of nitrogens with one attached hydrogen (secondary N) is 1. The lowest BCUT2D eigenvalue weighted by molar-refractivity contribution is 0.275. The Bertz CT molecular complexity index is 281. The summed E-state index contributed by atoms with van der Waals surface area (Å²) in [5.41, 5.74) is 5.35. The van der Waals surface area contributed by atoms with Gasteiger partial charge in [-0.15, -0.1) is 0 Å². The largest absolute Gasteiger partial charge is 0.489 e. The van der Waals surface area contributed by atoms with Gasteiger partial charge in [0.1, 0.15) is 6.61 Å². The van der Waals surface area contributed by atoms with Gasteiger partial charge in [0.25, 0.3) is 0 Å². The van der Waals surface area contributed by atoms with Gasteiger partial charge in [-0.05, 0) is 19.4 Å². The van der Waals surface area contributed by atoms with Gasteiger partial charge in [-0.3, -0.25) is 0 Å². The second kappa shape index (κ2) is 4.23. The predicted molar refractivity (Wildman–Crippen MR) is 53.0 cm³/mol. The fraction of sp³-hybridized carbons (Fsp3) is 0.556. The number of anilines is 1. The van der Waals surface area contributed by atoms with Crippen LogP contribution in [0.1, 0.15) is 12.8 Å². The van der Waals surface area contributed by atoms with Crippen molar-refractivity contribution in [3.63, 3.8) is 0 Å². The molecule has 0 aromatic carbocycles. The third-order valence-corrected chi connectivity index (χ3v) is 2.26. The Morgan fingerprint density at radius 3 is 2.93 bits per heavy atom. The highest BCUT2D eigenvalue weighted by Gasteiger charge is 2.14. The van der Waals surface area contributed by atoms with Gasteiger partial charge in [-0.2, -0.15) is 0 Å².